The van der Waals surface area contributed by atoms with Crippen molar-refractivity contribution in [2.24, 2.45) is 0 Å². The van der Waals surface area contributed by atoms with Gasteiger partial charge in [0.1, 0.15) is 11.5 Å². The quantitative estimate of drug-likeness (QED) is 0.0799. The molecule has 0 amide bonds. The summed E-state index contributed by atoms with van der Waals surface area (Å²) < 4.78 is 43.1. The van der Waals surface area contributed by atoms with Crippen molar-refractivity contribution < 1.29 is 28.4 Å². The molecule has 0 aliphatic rings. The Morgan fingerprint density at radius 1 is 0.423 bits per heavy atom. The van der Waals surface area contributed by atoms with Crippen molar-refractivity contribution in [1.82, 2.24) is 9.13 Å². The third-order valence-electron chi connectivity index (χ3n) is 13.5. The SMILES string of the molecule is CCc1ccc(OC(C)CC(C)Oc2ccc(CC)cc2-c2cc(C)cc(-n3c4ccccc4c4ccccc43)c2OCOC)c(-c2cc(C)cc(-n3c4ccccc4c4ccccc43)c2OCOC)c1. The minimum Gasteiger partial charge on any atom is -0.490 e. The highest BCUT2D eigenvalue weighted by molar-refractivity contribution is 6.10. The van der Waals surface area contributed by atoms with E-state index in [4.69, 9.17) is 28.4 Å². The molecule has 0 radical (unpaired) electrons. The number of aryl methyl sites for hydroxylation is 4. The van der Waals surface area contributed by atoms with E-state index in [1.54, 1.807) is 14.2 Å². The van der Waals surface area contributed by atoms with Crippen LogP contribution in [0.3, 0.4) is 0 Å². The van der Waals surface area contributed by atoms with E-state index in [9.17, 15) is 0 Å². The Hall–Kier alpha value is -7.52. The Kier molecular flexibility index (Phi) is 13.6. The smallest absolute Gasteiger partial charge is 0.188 e. The molecule has 71 heavy (non-hydrogen) atoms. The fraction of sp³-hybridized carbons (Fsp3) is 0.238. The second-order valence-electron chi connectivity index (χ2n) is 18.6. The summed E-state index contributed by atoms with van der Waals surface area (Å²) in [6.07, 6.45) is 1.91. The number of fused-ring (bicyclic) bond motifs is 6. The lowest BCUT2D eigenvalue weighted by Gasteiger charge is -2.25. The molecule has 8 heteroatoms. The van der Waals surface area contributed by atoms with E-state index < -0.39 is 0 Å². The molecule has 8 nitrogen and oxygen atoms in total. The molecule has 0 spiro atoms. The number of para-hydroxylation sites is 4. The van der Waals surface area contributed by atoms with Crippen molar-refractivity contribution >= 4 is 43.6 Å². The normalized spacial score (nSPS) is 12.5. The summed E-state index contributed by atoms with van der Waals surface area (Å²) in [5, 5.41) is 4.73. The van der Waals surface area contributed by atoms with Crippen LogP contribution in [0.2, 0.25) is 0 Å². The van der Waals surface area contributed by atoms with Crippen LogP contribution in [0.5, 0.6) is 23.0 Å². The standard InChI is InChI=1S/C63H62N2O6/c1-9-44-27-29-60(50(36-44)52-31-40(3)33-58(62(52)68-38-66-7)64-54-23-15-11-19-46(54)47-20-12-16-24-55(47)64)70-42(5)35-43(6)71-61-30-28-45(10-2)37-51(61)53-32-41(4)34-59(63(53)69-39-67-8)65-56-25-17-13-21-48(56)49-22-14-18-26-57(49)65/h11-34,36-37,42-43H,9-10,35,38-39H2,1-8H3. The topological polar surface area (TPSA) is 65.2 Å². The molecule has 360 valence electrons. The Morgan fingerprint density at radius 2 is 0.775 bits per heavy atom. The summed E-state index contributed by atoms with van der Waals surface area (Å²) in [7, 11) is 3.32. The Morgan fingerprint density at radius 3 is 1.11 bits per heavy atom. The van der Waals surface area contributed by atoms with Gasteiger partial charge in [0.05, 0.1) is 45.6 Å². The maximum absolute atomic E-state index is 7.03. The lowest BCUT2D eigenvalue weighted by Crippen LogP contribution is -2.23. The van der Waals surface area contributed by atoms with Crippen LogP contribution in [0.4, 0.5) is 0 Å². The molecule has 10 rings (SSSR count). The summed E-state index contributed by atoms with van der Waals surface area (Å²) in [6.45, 7) is 13.1. The fourth-order valence-electron chi connectivity index (χ4n) is 10.4. The van der Waals surface area contributed by atoms with E-state index in [0.717, 1.165) is 103 Å². The molecule has 0 N–H and O–H groups in total. The van der Waals surface area contributed by atoms with Gasteiger partial charge in [0.15, 0.2) is 25.1 Å². The van der Waals surface area contributed by atoms with Crippen LogP contribution in [0.15, 0.2) is 158 Å². The van der Waals surface area contributed by atoms with Gasteiger partial charge >= 0.3 is 0 Å². The van der Waals surface area contributed by atoms with Crippen molar-refractivity contribution in [3.05, 3.63) is 180 Å². The van der Waals surface area contributed by atoms with Crippen molar-refractivity contribution in [3.63, 3.8) is 0 Å². The van der Waals surface area contributed by atoms with E-state index in [2.05, 4.69) is 208 Å². The monoisotopic (exact) mass is 942 g/mol. The predicted molar refractivity (Wildman–Crippen MR) is 290 cm³/mol. The molecule has 0 bridgehead atoms. The summed E-state index contributed by atoms with van der Waals surface area (Å²) in [4.78, 5) is 0. The van der Waals surface area contributed by atoms with Crippen LogP contribution in [0.1, 0.15) is 56.4 Å². The Balaban J connectivity index is 1.01. The molecule has 0 saturated carbocycles. The lowest BCUT2D eigenvalue weighted by molar-refractivity contribution is 0.0513. The van der Waals surface area contributed by atoms with Gasteiger partial charge in [-0.2, -0.15) is 0 Å². The van der Waals surface area contributed by atoms with Gasteiger partial charge in [-0.15, -0.1) is 0 Å². The zero-order valence-electron chi connectivity index (χ0n) is 42.0. The van der Waals surface area contributed by atoms with Crippen LogP contribution in [-0.2, 0) is 22.3 Å². The van der Waals surface area contributed by atoms with Crippen LogP contribution in [-0.4, -0.2) is 49.1 Å². The average Bonchev–Trinajstić information content (AvgIpc) is 3.90. The molecule has 0 saturated heterocycles. The van der Waals surface area contributed by atoms with E-state index in [0.29, 0.717) is 6.42 Å². The number of rotatable bonds is 18. The number of methoxy groups -OCH3 is 2. The highest BCUT2D eigenvalue weighted by Crippen LogP contribution is 2.47. The van der Waals surface area contributed by atoms with Gasteiger partial charge in [0, 0.05) is 64.4 Å². The van der Waals surface area contributed by atoms with E-state index in [-0.39, 0.29) is 25.8 Å². The minimum absolute atomic E-state index is 0.0837. The van der Waals surface area contributed by atoms with Gasteiger partial charge in [-0.3, -0.25) is 0 Å². The molecule has 8 aromatic carbocycles. The number of hydrogen-bond acceptors (Lipinski definition) is 6. The van der Waals surface area contributed by atoms with Crippen LogP contribution < -0.4 is 18.9 Å². The molecule has 2 unspecified atom stereocenters. The van der Waals surface area contributed by atoms with E-state index in [1.807, 2.05) is 0 Å². The summed E-state index contributed by atoms with van der Waals surface area (Å²) in [5.41, 5.74) is 14.7. The first-order valence-corrected chi connectivity index (χ1v) is 24.8. The second-order valence-corrected chi connectivity index (χ2v) is 18.6. The molecule has 2 atom stereocenters. The molecule has 2 heterocycles. The Labute approximate surface area is 416 Å². The molecular weight excluding hydrogens is 881 g/mol. The van der Waals surface area contributed by atoms with Gasteiger partial charge in [0.25, 0.3) is 0 Å². The molecular formula is C63H62N2O6. The average molecular weight is 943 g/mol. The largest absolute Gasteiger partial charge is 0.490 e. The summed E-state index contributed by atoms with van der Waals surface area (Å²) >= 11 is 0. The van der Waals surface area contributed by atoms with Crippen molar-refractivity contribution in [2.75, 3.05) is 27.8 Å². The van der Waals surface area contributed by atoms with Gasteiger partial charge in [0.2, 0.25) is 0 Å². The number of aromatic nitrogens is 2. The lowest BCUT2D eigenvalue weighted by atomic mass is 9.97. The van der Waals surface area contributed by atoms with Gasteiger partial charge in [-0.1, -0.05) is 98.8 Å². The van der Waals surface area contributed by atoms with Crippen LogP contribution >= 0.6 is 0 Å². The van der Waals surface area contributed by atoms with E-state index in [1.165, 1.54) is 32.7 Å². The van der Waals surface area contributed by atoms with Crippen molar-refractivity contribution in [3.8, 4) is 56.6 Å². The third kappa shape index (κ3) is 9.10. The van der Waals surface area contributed by atoms with Crippen LogP contribution in [0.25, 0.3) is 77.2 Å². The summed E-state index contributed by atoms with van der Waals surface area (Å²) in [6, 6.07) is 56.0. The summed E-state index contributed by atoms with van der Waals surface area (Å²) in [5.74, 6) is 2.99. The fourth-order valence-corrected chi connectivity index (χ4v) is 10.4. The minimum atomic E-state index is -0.221. The zero-order chi connectivity index (χ0) is 49.2. The third-order valence-corrected chi connectivity index (χ3v) is 13.5. The number of nitrogens with zero attached hydrogens (tertiary/aromatic N) is 2. The molecule has 0 fully saturated rings. The molecule has 0 aliphatic heterocycles. The number of hydrogen-bond donors (Lipinski definition) is 0. The maximum Gasteiger partial charge on any atom is 0.188 e. The predicted octanol–water partition coefficient (Wildman–Crippen LogP) is 15.5. The van der Waals surface area contributed by atoms with Crippen molar-refractivity contribution in [1.29, 1.82) is 0 Å². The van der Waals surface area contributed by atoms with Gasteiger partial charge in [-0.25, -0.2) is 0 Å². The molecule has 2 aromatic heterocycles. The number of ether oxygens (including phenoxy) is 6. The first-order chi connectivity index (χ1) is 34.7. The van der Waals surface area contributed by atoms with E-state index >= 15 is 0 Å². The molecule has 0 aliphatic carbocycles. The second kappa shape index (κ2) is 20.4. The van der Waals surface area contributed by atoms with Crippen LogP contribution in [0, 0.1) is 13.8 Å². The van der Waals surface area contributed by atoms with Crippen molar-refractivity contribution in [2.45, 2.75) is 73.0 Å². The van der Waals surface area contributed by atoms with Gasteiger partial charge in [-0.05, 0) is 136 Å². The highest BCUT2D eigenvalue weighted by Gasteiger charge is 2.26. The maximum atomic E-state index is 7.03. The first kappa shape index (κ1) is 47.2. The number of benzene rings is 8. The highest BCUT2D eigenvalue weighted by atomic mass is 16.7. The first-order valence-electron chi connectivity index (χ1n) is 24.8. The Bertz CT molecular complexity index is 3210. The molecule has 10 aromatic rings. The zero-order valence-corrected chi connectivity index (χ0v) is 42.0. The van der Waals surface area contributed by atoms with Gasteiger partial charge < -0.3 is 37.6 Å².